The molecule has 0 saturated heterocycles. The van der Waals surface area contributed by atoms with Crippen LogP contribution in [0, 0.1) is 20.8 Å². The number of hydrogen-bond acceptors (Lipinski definition) is 5. The highest BCUT2D eigenvalue weighted by molar-refractivity contribution is 7.07. The van der Waals surface area contributed by atoms with E-state index in [0.717, 1.165) is 46.5 Å². The van der Waals surface area contributed by atoms with Gasteiger partial charge in [-0.05, 0) is 74.6 Å². The number of thiazole rings is 1. The van der Waals surface area contributed by atoms with Gasteiger partial charge in [0.05, 0.1) is 16.9 Å². The van der Waals surface area contributed by atoms with Crippen molar-refractivity contribution in [3.63, 3.8) is 0 Å². The fourth-order valence-corrected chi connectivity index (χ4v) is 5.95. The van der Waals surface area contributed by atoms with Crippen molar-refractivity contribution < 1.29 is 22.7 Å². The van der Waals surface area contributed by atoms with Gasteiger partial charge in [-0.1, -0.05) is 42.5 Å². The summed E-state index contributed by atoms with van der Waals surface area (Å²) in [5.74, 6) is 0.141. The van der Waals surface area contributed by atoms with Crippen molar-refractivity contribution >= 4 is 17.4 Å². The minimum atomic E-state index is -4.75. The summed E-state index contributed by atoms with van der Waals surface area (Å²) >= 11 is 1.43. The highest BCUT2D eigenvalue weighted by atomic mass is 32.1. The molecule has 1 fully saturated rings. The molecule has 2 heterocycles. The molecule has 2 amide bonds. The number of aryl methyl sites for hydroxylation is 3. The molecular weight excluding hydrogens is 577 g/mol. The number of nitrogens with zero attached hydrogens (tertiary/aromatic N) is 5. The number of ether oxygens (including phenoxy) is 1. The summed E-state index contributed by atoms with van der Waals surface area (Å²) in [5, 5.41) is 9.58. The van der Waals surface area contributed by atoms with Gasteiger partial charge in [-0.25, -0.2) is 14.5 Å². The third kappa shape index (κ3) is 5.96. The Labute approximate surface area is 249 Å². The lowest BCUT2D eigenvalue weighted by atomic mass is 10.0. The van der Waals surface area contributed by atoms with Crippen LogP contribution in [-0.4, -0.2) is 31.7 Å². The van der Waals surface area contributed by atoms with Gasteiger partial charge in [0, 0.05) is 16.6 Å². The van der Waals surface area contributed by atoms with E-state index >= 15 is 0 Å². The van der Waals surface area contributed by atoms with Crippen LogP contribution in [0.5, 0.6) is 5.75 Å². The van der Waals surface area contributed by atoms with Crippen LogP contribution >= 0.6 is 11.3 Å². The third-order valence-electron chi connectivity index (χ3n) is 7.36. The third-order valence-corrected chi connectivity index (χ3v) is 8.30. The number of para-hydroxylation sites is 1. The molecule has 220 valence electrons. The van der Waals surface area contributed by atoms with Crippen molar-refractivity contribution in [2.24, 2.45) is 4.99 Å². The summed E-state index contributed by atoms with van der Waals surface area (Å²) in [6, 6.07) is 18.8. The van der Waals surface area contributed by atoms with E-state index in [1.54, 1.807) is 0 Å². The van der Waals surface area contributed by atoms with E-state index in [-0.39, 0.29) is 5.75 Å². The number of urea groups is 1. The Hall–Kier alpha value is -4.71. The number of benzene rings is 3. The molecule has 0 spiro atoms. The SMILES string of the molecule is Cc1cccc(C)c1-n1c(C)cs/c1=N\C(=O)NC1(c2ccc(-c3ncn(-c4ccc(OC(F)(F)F)cc4)n3)cc2)CC1. The van der Waals surface area contributed by atoms with Gasteiger partial charge in [0.15, 0.2) is 10.6 Å². The van der Waals surface area contributed by atoms with Gasteiger partial charge in [-0.15, -0.1) is 29.6 Å². The zero-order valence-corrected chi connectivity index (χ0v) is 24.3. The average molecular weight is 605 g/mol. The van der Waals surface area contributed by atoms with E-state index in [1.807, 2.05) is 73.2 Å². The number of carbonyl (C=O) groups excluding carboxylic acids is 1. The molecule has 0 aliphatic heterocycles. The average Bonchev–Trinajstić information content (AvgIpc) is 3.40. The Bertz CT molecular complexity index is 1850. The van der Waals surface area contributed by atoms with Crippen LogP contribution < -0.4 is 14.9 Å². The number of hydrogen-bond donors (Lipinski definition) is 1. The van der Waals surface area contributed by atoms with Gasteiger partial charge in [-0.2, -0.15) is 4.99 Å². The Morgan fingerprint density at radius 3 is 2.30 bits per heavy atom. The molecule has 1 N–H and O–H groups in total. The second-order valence-electron chi connectivity index (χ2n) is 10.5. The number of halogens is 3. The van der Waals surface area contributed by atoms with E-state index in [0.29, 0.717) is 16.3 Å². The van der Waals surface area contributed by atoms with Gasteiger partial charge in [0.1, 0.15) is 12.1 Å². The summed E-state index contributed by atoms with van der Waals surface area (Å²) < 4.78 is 44.7. The molecule has 1 aliphatic rings. The second-order valence-corrected chi connectivity index (χ2v) is 11.3. The monoisotopic (exact) mass is 604 g/mol. The molecule has 43 heavy (non-hydrogen) atoms. The molecular formula is C31H27F3N6O2S. The molecule has 1 saturated carbocycles. The number of rotatable bonds is 6. The van der Waals surface area contributed by atoms with Gasteiger partial charge in [0.2, 0.25) is 0 Å². The predicted molar refractivity (Wildman–Crippen MR) is 156 cm³/mol. The van der Waals surface area contributed by atoms with E-state index in [4.69, 9.17) is 0 Å². The molecule has 0 atom stereocenters. The maximum absolute atomic E-state index is 13.1. The maximum Gasteiger partial charge on any atom is 0.573 e. The Morgan fingerprint density at radius 1 is 1.00 bits per heavy atom. The van der Waals surface area contributed by atoms with Crippen molar-refractivity contribution in [3.8, 4) is 28.5 Å². The lowest BCUT2D eigenvalue weighted by molar-refractivity contribution is -0.274. The molecule has 1 aliphatic carbocycles. The Balaban J connectivity index is 1.17. The minimum absolute atomic E-state index is 0.313. The van der Waals surface area contributed by atoms with Crippen LogP contribution in [0.1, 0.15) is 35.2 Å². The van der Waals surface area contributed by atoms with Gasteiger partial charge in [-0.3, -0.25) is 4.57 Å². The Kier molecular flexibility index (Phi) is 7.17. The van der Waals surface area contributed by atoms with Crippen molar-refractivity contribution in [1.82, 2.24) is 24.6 Å². The summed E-state index contributed by atoms with van der Waals surface area (Å²) in [5.41, 5.74) is 6.03. The van der Waals surface area contributed by atoms with Crippen molar-refractivity contribution in [2.75, 3.05) is 0 Å². The molecule has 0 radical (unpaired) electrons. The van der Waals surface area contributed by atoms with Crippen LogP contribution in [0.3, 0.4) is 0 Å². The highest BCUT2D eigenvalue weighted by Gasteiger charge is 2.45. The molecule has 0 bridgehead atoms. The van der Waals surface area contributed by atoms with Gasteiger partial charge >= 0.3 is 12.4 Å². The van der Waals surface area contributed by atoms with Gasteiger partial charge < -0.3 is 10.1 Å². The van der Waals surface area contributed by atoms with E-state index < -0.39 is 17.9 Å². The molecule has 12 heteroatoms. The molecule has 8 nitrogen and oxygen atoms in total. The lowest BCUT2D eigenvalue weighted by Crippen LogP contribution is -2.34. The quantitative estimate of drug-likeness (QED) is 0.228. The smallest absolute Gasteiger partial charge is 0.406 e. The molecule has 3 aromatic carbocycles. The summed E-state index contributed by atoms with van der Waals surface area (Å²) in [6.45, 7) is 6.10. The molecule has 6 rings (SSSR count). The zero-order chi connectivity index (χ0) is 30.4. The highest BCUT2D eigenvalue weighted by Crippen LogP contribution is 2.45. The van der Waals surface area contributed by atoms with Crippen LogP contribution in [0.2, 0.25) is 0 Å². The van der Waals surface area contributed by atoms with Crippen LogP contribution in [0.4, 0.5) is 18.0 Å². The predicted octanol–water partition coefficient (Wildman–Crippen LogP) is 6.91. The van der Waals surface area contributed by atoms with Crippen LogP contribution in [0.15, 0.2) is 83.4 Å². The molecule has 2 aromatic heterocycles. The largest absolute Gasteiger partial charge is 0.573 e. The van der Waals surface area contributed by atoms with Crippen molar-refractivity contribution in [3.05, 3.63) is 106 Å². The first-order valence-electron chi connectivity index (χ1n) is 13.5. The van der Waals surface area contributed by atoms with Crippen molar-refractivity contribution in [2.45, 2.75) is 45.5 Å². The van der Waals surface area contributed by atoms with Gasteiger partial charge in [0.25, 0.3) is 0 Å². The maximum atomic E-state index is 13.1. The number of carbonyl (C=O) groups is 1. The van der Waals surface area contributed by atoms with Crippen molar-refractivity contribution in [1.29, 1.82) is 0 Å². The zero-order valence-electron chi connectivity index (χ0n) is 23.5. The van der Waals surface area contributed by atoms with Crippen LogP contribution in [-0.2, 0) is 5.54 Å². The summed E-state index contributed by atoms with van der Waals surface area (Å²) in [6.07, 6.45) is -1.66. The topological polar surface area (TPSA) is 86.3 Å². The number of amides is 2. The first-order chi connectivity index (χ1) is 20.5. The normalized spacial score (nSPS) is 14.5. The van der Waals surface area contributed by atoms with E-state index in [1.165, 1.54) is 46.6 Å². The lowest BCUT2D eigenvalue weighted by Gasteiger charge is -2.17. The fraction of sp³-hybridized carbons (Fsp3) is 0.226. The Morgan fingerprint density at radius 2 is 1.67 bits per heavy atom. The number of nitrogens with one attached hydrogen (secondary N) is 1. The second kappa shape index (κ2) is 10.8. The summed E-state index contributed by atoms with van der Waals surface area (Å²) in [7, 11) is 0. The minimum Gasteiger partial charge on any atom is -0.406 e. The van der Waals surface area contributed by atoms with Crippen LogP contribution in [0.25, 0.3) is 22.8 Å². The first-order valence-corrected chi connectivity index (χ1v) is 14.4. The van der Waals surface area contributed by atoms with E-state index in [9.17, 15) is 18.0 Å². The standard InChI is InChI=1S/C31H27F3N6O2S/c1-19-5-4-6-20(2)26(19)40-21(3)17-43-29(40)36-28(41)37-30(15-16-30)23-9-7-22(8-10-23)27-35-18-39(38-27)24-11-13-25(14-12-24)42-31(32,33)34/h4-14,17-18H,15-16H2,1-3H3,(H,37,41)/b36-29-. The number of aromatic nitrogens is 4. The molecule has 0 unspecified atom stereocenters. The van der Waals surface area contributed by atoms with E-state index in [2.05, 4.69) is 25.1 Å². The molecule has 5 aromatic rings. The number of alkyl halides is 3. The first kappa shape index (κ1) is 28.4. The summed E-state index contributed by atoms with van der Waals surface area (Å²) in [4.78, 5) is 22.6. The fourth-order valence-electron chi connectivity index (χ4n) is 5.09.